The molecule has 3 aromatic heterocycles. The highest BCUT2D eigenvalue weighted by Gasteiger charge is 2.14. The van der Waals surface area contributed by atoms with E-state index < -0.39 is 11.2 Å². The SMILES string of the molecule is Cn1c(=O)c2cc(NC(=O)CSc3nnc(-c4ccc(Cl)cc4)o3)cnc2n(C)c1=O. The van der Waals surface area contributed by atoms with Crippen LogP contribution in [0.3, 0.4) is 0 Å². The second kappa shape index (κ2) is 8.36. The molecule has 0 aliphatic carbocycles. The van der Waals surface area contributed by atoms with E-state index in [1.165, 1.54) is 30.9 Å². The standard InChI is InChI=1S/C19H15ClN6O4S/c1-25-15-13(17(28)26(2)19(25)29)7-12(8-21-15)22-14(27)9-31-18-24-23-16(30-18)10-3-5-11(20)6-4-10/h3-8H,9H2,1-2H3,(H,22,27). The monoisotopic (exact) mass is 458 g/mol. The number of hydrogen-bond donors (Lipinski definition) is 1. The lowest BCUT2D eigenvalue weighted by atomic mass is 10.2. The van der Waals surface area contributed by atoms with E-state index in [-0.39, 0.29) is 27.9 Å². The Bertz CT molecular complexity index is 1410. The largest absolute Gasteiger partial charge is 0.411 e. The summed E-state index contributed by atoms with van der Waals surface area (Å²) in [4.78, 5) is 40.8. The highest BCUT2D eigenvalue weighted by molar-refractivity contribution is 7.99. The second-order valence-electron chi connectivity index (χ2n) is 6.52. The summed E-state index contributed by atoms with van der Waals surface area (Å²) in [7, 11) is 2.91. The fourth-order valence-electron chi connectivity index (χ4n) is 2.84. The predicted molar refractivity (Wildman–Crippen MR) is 116 cm³/mol. The number of aryl methyl sites for hydroxylation is 1. The number of nitrogens with zero attached hydrogens (tertiary/aromatic N) is 5. The molecule has 0 radical (unpaired) electrons. The van der Waals surface area contributed by atoms with Gasteiger partial charge < -0.3 is 9.73 Å². The van der Waals surface area contributed by atoms with E-state index in [1.54, 1.807) is 24.3 Å². The number of pyridine rings is 1. The molecule has 4 rings (SSSR count). The van der Waals surface area contributed by atoms with Gasteiger partial charge in [0.2, 0.25) is 11.8 Å². The number of anilines is 1. The van der Waals surface area contributed by atoms with E-state index in [0.29, 0.717) is 22.2 Å². The summed E-state index contributed by atoms with van der Waals surface area (Å²) in [6.45, 7) is 0. The minimum Gasteiger partial charge on any atom is -0.411 e. The van der Waals surface area contributed by atoms with E-state index in [0.717, 1.165) is 16.3 Å². The van der Waals surface area contributed by atoms with Gasteiger partial charge in [-0.05, 0) is 30.3 Å². The first kappa shape index (κ1) is 20.8. The number of aromatic nitrogens is 5. The summed E-state index contributed by atoms with van der Waals surface area (Å²) in [6.07, 6.45) is 1.38. The molecular weight excluding hydrogens is 444 g/mol. The number of halogens is 1. The molecule has 0 unspecified atom stereocenters. The molecule has 0 saturated heterocycles. The summed E-state index contributed by atoms with van der Waals surface area (Å²) in [5, 5.41) is 11.6. The quantitative estimate of drug-likeness (QED) is 0.450. The van der Waals surface area contributed by atoms with Gasteiger partial charge in [-0.2, -0.15) is 0 Å². The molecule has 0 saturated carbocycles. The van der Waals surface area contributed by atoms with Crippen molar-refractivity contribution in [2.45, 2.75) is 5.22 Å². The molecule has 1 aromatic carbocycles. The maximum Gasteiger partial charge on any atom is 0.332 e. The number of amides is 1. The van der Waals surface area contributed by atoms with Gasteiger partial charge in [0.15, 0.2) is 0 Å². The first-order chi connectivity index (χ1) is 14.8. The minimum atomic E-state index is -0.489. The van der Waals surface area contributed by atoms with Gasteiger partial charge in [0.1, 0.15) is 5.65 Å². The van der Waals surface area contributed by atoms with Crippen LogP contribution in [-0.4, -0.2) is 36.0 Å². The average molecular weight is 459 g/mol. The Kier molecular flexibility index (Phi) is 5.61. The van der Waals surface area contributed by atoms with Crippen molar-refractivity contribution in [2.75, 3.05) is 11.1 Å². The molecule has 10 nitrogen and oxygen atoms in total. The molecule has 0 spiro atoms. The van der Waals surface area contributed by atoms with Gasteiger partial charge in [0, 0.05) is 24.7 Å². The maximum atomic E-state index is 12.3. The van der Waals surface area contributed by atoms with Crippen molar-refractivity contribution in [3.05, 3.63) is 62.4 Å². The van der Waals surface area contributed by atoms with Crippen LogP contribution in [0.2, 0.25) is 5.02 Å². The van der Waals surface area contributed by atoms with E-state index in [4.69, 9.17) is 16.0 Å². The number of thioether (sulfide) groups is 1. The van der Waals surface area contributed by atoms with Crippen molar-refractivity contribution in [2.24, 2.45) is 14.1 Å². The summed E-state index contributed by atoms with van der Waals surface area (Å²) in [6, 6.07) is 8.42. The van der Waals surface area contributed by atoms with Crippen LogP contribution in [-0.2, 0) is 18.9 Å². The molecule has 158 valence electrons. The molecule has 0 aliphatic heterocycles. The summed E-state index contributed by atoms with van der Waals surface area (Å²) < 4.78 is 7.81. The van der Waals surface area contributed by atoms with Gasteiger partial charge in [-0.3, -0.25) is 18.7 Å². The summed E-state index contributed by atoms with van der Waals surface area (Å²) >= 11 is 6.94. The molecule has 12 heteroatoms. The third-order valence-electron chi connectivity index (χ3n) is 4.40. The Morgan fingerprint density at radius 2 is 1.90 bits per heavy atom. The molecule has 0 bridgehead atoms. The van der Waals surface area contributed by atoms with Crippen molar-refractivity contribution < 1.29 is 9.21 Å². The van der Waals surface area contributed by atoms with E-state index in [2.05, 4.69) is 20.5 Å². The Morgan fingerprint density at radius 1 is 1.16 bits per heavy atom. The van der Waals surface area contributed by atoms with Crippen LogP contribution < -0.4 is 16.6 Å². The van der Waals surface area contributed by atoms with Crippen molar-refractivity contribution in [3.8, 4) is 11.5 Å². The number of fused-ring (bicyclic) bond motifs is 1. The molecule has 0 aliphatic rings. The number of carbonyl (C=O) groups is 1. The summed E-state index contributed by atoms with van der Waals surface area (Å²) in [5.74, 6) is -0.0234. The van der Waals surface area contributed by atoms with Crippen LogP contribution >= 0.6 is 23.4 Å². The molecule has 0 atom stereocenters. The molecule has 4 aromatic rings. The lowest BCUT2D eigenvalue weighted by Crippen LogP contribution is -2.37. The van der Waals surface area contributed by atoms with Crippen LogP contribution in [0.4, 0.5) is 5.69 Å². The van der Waals surface area contributed by atoms with Crippen LogP contribution in [0.15, 0.2) is 55.8 Å². The van der Waals surface area contributed by atoms with Crippen molar-refractivity contribution in [1.82, 2.24) is 24.3 Å². The van der Waals surface area contributed by atoms with Gasteiger partial charge in [0.25, 0.3) is 10.8 Å². The zero-order valence-electron chi connectivity index (χ0n) is 16.3. The average Bonchev–Trinajstić information content (AvgIpc) is 3.24. The smallest absolute Gasteiger partial charge is 0.332 e. The Morgan fingerprint density at radius 3 is 2.65 bits per heavy atom. The van der Waals surface area contributed by atoms with Crippen molar-refractivity contribution in [1.29, 1.82) is 0 Å². The Balaban J connectivity index is 1.45. The highest BCUT2D eigenvalue weighted by atomic mass is 35.5. The Labute approximate surface area is 183 Å². The highest BCUT2D eigenvalue weighted by Crippen LogP contribution is 2.24. The minimum absolute atomic E-state index is 0.00553. The van der Waals surface area contributed by atoms with Gasteiger partial charge in [0.05, 0.1) is 23.0 Å². The predicted octanol–water partition coefficient (Wildman–Crippen LogP) is 2.07. The molecule has 0 fully saturated rings. The fraction of sp³-hybridized carbons (Fsp3) is 0.158. The van der Waals surface area contributed by atoms with E-state index in [1.807, 2.05) is 0 Å². The normalized spacial score (nSPS) is 11.1. The molecule has 31 heavy (non-hydrogen) atoms. The summed E-state index contributed by atoms with van der Waals surface area (Å²) in [5.41, 5.74) is 0.320. The van der Waals surface area contributed by atoms with E-state index in [9.17, 15) is 14.4 Å². The van der Waals surface area contributed by atoms with Crippen LogP contribution in [0, 0.1) is 0 Å². The number of carbonyl (C=O) groups excluding carboxylic acids is 1. The molecule has 1 amide bonds. The first-order valence-electron chi connectivity index (χ1n) is 8.91. The van der Waals surface area contributed by atoms with Gasteiger partial charge in [-0.25, -0.2) is 9.78 Å². The van der Waals surface area contributed by atoms with Crippen LogP contribution in [0.5, 0.6) is 0 Å². The van der Waals surface area contributed by atoms with Crippen molar-refractivity contribution >= 4 is 46.0 Å². The molecular formula is C19H15ClN6O4S. The van der Waals surface area contributed by atoms with Gasteiger partial charge >= 0.3 is 5.69 Å². The second-order valence-corrected chi connectivity index (χ2v) is 7.88. The van der Waals surface area contributed by atoms with Gasteiger partial charge in [-0.15, -0.1) is 10.2 Å². The zero-order chi connectivity index (χ0) is 22.1. The lowest BCUT2D eigenvalue weighted by molar-refractivity contribution is -0.113. The zero-order valence-corrected chi connectivity index (χ0v) is 17.9. The topological polar surface area (TPSA) is 125 Å². The van der Waals surface area contributed by atoms with Crippen LogP contribution in [0.1, 0.15) is 0 Å². The van der Waals surface area contributed by atoms with Gasteiger partial charge in [-0.1, -0.05) is 23.4 Å². The number of rotatable bonds is 5. The lowest BCUT2D eigenvalue weighted by Gasteiger charge is -2.08. The molecule has 1 N–H and O–H groups in total. The Hall–Kier alpha value is -3.44. The third kappa shape index (κ3) is 4.23. The number of hydrogen-bond acceptors (Lipinski definition) is 8. The van der Waals surface area contributed by atoms with Crippen molar-refractivity contribution in [3.63, 3.8) is 0 Å². The fourth-order valence-corrected chi connectivity index (χ4v) is 3.52. The van der Waals surface area contributed by atoms with E-state index >= 15 is 0 Å². The maximum absolute atomic E-state index is 12.3. The number of nitrogens with one attached hydrogen (secondary N) is 1. The third-order valence-corrected chi connectivity index (χ3v) is 5.47. The first-order valence-corrected chi connectivity index (χ1v) is 10.3. The van der Waals surface area contributed by atoms with Crippen LogP contribution in [0.25, 0.3) is 22.5 Å². The molecule has 3 heterocycles. The number of benzene rings is 1.